The summed E-state index contributed by atoms with van der Waals surface area (Å²) in [6.07, 6.45) is -3.95. The summed E-state index contributed by atoms with van der Waals surface area (Å²) in [6, 6.07) is 4.74. The van der Waals surface area contributed by atoms with Gasteiger partial charge < -0.3 is 10.6 Å². The van der Waals surface area contributed by atoms with Crippen molar-refractivity contribution in [3.05, 3.63) is 35.4 Å². The van der Waals surface area contributed by atoms with E-state index in [0.717, 1.165) is 30.2 Å². The van der Waals surface area contributed by atoms with Gasteiger partial charge in [0, 0.05) is 30.5 Å². The van der Waals surface area contributed by atoms with Crippen LogP contribution in [0.1, 0.15) is 30.5 Å². The minimum Gasteiger partial charge on any atom is -0.350 e. The maximum absolute atomic E-state index is 12.5. The van der Waals surface area contributed by atoms with Crippen molar-refractivity contribution in [2.75, 3.05) is 18.1 Å². The molecular weight excluding hydrogens is 313 g/mol. The molecule has 0 aliphatic carbocycles. The molecule has 7 heteroatoms. The van der Waals surface area contributed by atoms with E-state index < -0.39 is 11.7 Å². The fourth-order valence-corrected chi connectivity index (χ4v) is 3.27. The van der Waals surface area contributed by atoms with Crippen LogP contribution in [-0.2, 0) is 11.0 Å². The molecule has 2 N–H and O–H groups in total. The Kier molecular flexibility index (Phi) is 5.74. The monoisotopic (exact) mass is 332 g/mol. The third-order valence-corrected chi connectivity index (χ3v) is 4.68. The average molecular weight is 332 g/mol. The normalized spacial score (nSPS) is 20.5. The Balaban J connectivity index is 1.88. The van der Waals surface area contributed by atoms with Crippen LogP contribution in [-0.4, -0.2) is 30.0 Å². The van der Waals surface area contributed by atoms with Crippen LogP contribution in [0.25, 0.3) is 0 Å². The number of amides is 1. The molecule has 1 fully saturated rings. The molecule has 1 amide bonds. The first-order valence-corrected chi connectivity index (χ1v) is 8.29. The summed E-state index contributed by atoms with van der Waals surface area (Å²) in [5.41, 5.74) is -0.0227. The van der Waals surface area contributed by atoms with Crippen LogP contribution in [0.15, 0.2) is 24.3 Å². The van der Waals surface area contributed by atoms with Gasteiger partial charge in [-0.15, -0.1) is 0 Å². The van der Waals surface area contributed by atoms with Gasteiger partial charge in [0.2, 0.25) is 5.91 Å². The van der Waals surface area contributed by atoms with Crippen molar-refractivity contribution in [2.45, 2.75) is 31.6 Å². The lowest BCUT2D eigenvalue weighted by molar-refractivity contribution is -0.137. The molecule has 22 heavy (non-hydrogen) atoms. The molecule has 1 heterocycles. The molecule has 122 valence electrons. The van der Waals surface area contributed by atoms with E-state index in [0.29, 0.717) is 12.0 Å². The summed E-state index contributed by atoms with van der Waals surface area (Å²) in [5, 5.41) is 6.11. The Bertz CT molecular complexity index is 499. The van der Waals surface area contributed by atoms with Crippen LogP contribution >= 0.6 is 11.8 Å². The van der Waals surface area contributed by atoms with Gasteiger partial charge in [0.25, 0.3) is 0 Å². The van der Waals surface area contributed by atoms with E-state index >= 15 is 0 Å². The number of rotatable bonds is 4. The van der Waals surface area contributed by atoms with E-state index in [2.05, 4.69) is 10.6 Å². The van der Waals surface area contributed by atoms with Gasteiger partial charge in [0.15, 0.2) is 0 Å². The van der Waals surface area contributed by atoms with Gasteiger partial charge in [0.1, 0.15) is 0 Å². The zero-order valence-electron chi connectivity index (χ0n) is 12.2. The molecule has 1 aromatic rings. The van der Waals surface area contributed by atoms with Crippen molar-refractivity contribution in [1.29, 1.82) is 0 Å². The molecule has 0 aromatic heterocycles. The van der Waals surface area contributed by atoms with E-state index in [9.17, 15) is 18.0 Å². The van der Waals surface area contributed by atoms with Gasteiger partial charge >= 0.3 is 6.18 Å². The largest absolute Gasteiger partial charge is 0.416 e. The maximum atomic E-state index is 12.5. The van der Waals surface area contributed by atoms with E-state index in [1.807, 2.05) is 11.8 Å². The van der Waals surface area contributed by atoms with Gasteiger partial charge in [-0.3, -0.25) is 4.79 Å². The first kappa shape index (κ1) is 17.1. The molecule has 1 aliphatic rings. The molecule has 0 bridgehead atoms. The third-order valence-electron chi connectivity index (χ3n) is 3.55. The molecule has 2 unspecified atom stereocenters. The number of carbonyl (C=O) groups is 1. The molecular formula is C15H19F3N2OS. The number of thioether (sulfide) groups is 1. The van der Waals surface area contributed by atoms with Gasteiger partial charge in [-0.1, -0.05) is 12.1 Å². The number of hydrogen-bond donors (Lipinski definition) is 2. The summed E-state index contributed by atoms with van der Waals surface area (Å²) in [4.78, 5) is 12.0. The third kappa shape index (κ3) is 4.91. The van der Waals surface area contributed by atoms with Crippen molar-refractivity contribution in [3.8, 4) is 0 Å². The number of carbonyl (C=O) groups excluding carboxylic acids is 1. The molecule has 2 atom stereocenters. The second kappa shape index (κ2) is 7.37. The Morgan fingerprint density at radius 1 is 1.41 bits per heavy atom. The van der Waals surface area contributed by atoms with Crippen molar-refractivity contribution in [2.24, 2.45) is 0 Å². The number of alkyl halides is 3. The topological polar surface area (TPSA) is 41.1 Å². The highest BCUT2D eigenvalue weighted by Crippen LogP contribution is 2.29. The Morgan fingerprint density at radius 3 is 2.64 bits per heavy atom. The molecule has 0 radical (unpaired) electrons. The lowest BCUT2D eigenvalue weighted by atomic mass is 10.1. The van der Waals surface area contributed by atoms with E-state index in [1.165, 1.54) is 12.1 Å². The maximum Gasteiger partial charge on any atom is 0.416 e. The fraction of sp³-hybridized carbons (Fsp3) is 0.533. The van der Waals surface area contributed by atoms with Crippen LogP contribution in [0.5, 0.6) is 0 Å². The van der Waals surface area contributed by atoms with Crippen LogP contribution in [0, 0.1) is 0 Å². The highest BCUT2D eigenvalue weighted by Gasteiger charge is 2.30. The van der Waals surface area contributed by atoms with Crippen LogP contribution < -0.4 is 10.6 Å². The zero-order valence-corrected chi connectivity index (χ0v) is 13.1. The van der Waals surface area contributed by atoms with Gasteiger partial charge in [-0.2, -0.15) is 24.9 Å². The summed E-state index contributed by atoms with van der Waals surface area (Å²) in [5.74, 6) is 1.87. The Labute approximate surface area is 132 Å². The highest BCUT2D eigenvalue weighted by molar-refractivity contribution is 7.99. The highest BCUT2D eigenvalue weighted by atomic mass is 32.2. The molecule has 3 nitrogen and oxygen atoms in total. The second-order valence-corrected chi connectivity index (χ2v) is 6.49. The summed E-state index contributed by atoms with van der Waals surface area (Å²) >= 11 is 1.82. The van der Waals surface area contributed by atoms with Crippen LogP contribution in [0.2, 0.25) is 0 Å². The summed E-state index contributed by atoms with van der Waals surface area (Å²) in [6.45, 7) is 2.67. The lowest BCUT2D eigenvalue weighted by Crippen LogP contribution is -2.41. The summed E-state index contributed by atoms with van der Waals surface area (Å²) in [7, 11) is 0. The minimum atomic E-state index is -4.34. The molecule has 0 spiro atoms. The smallest absolute Gasteiger partial charge is 0.350 e. The standard InChI is InChI=1S/C15H19F3N2OS/c1-10(11-2-4-12(5-3-11)15(16,17)18)20-14(21)8-13-9-22-7-6-19-13/h2-5,10,13,19H,6-9H2,1H3,(H,20,21). The minimum absolute atomic E-state index is 0.0904. The number of benzene rings is 1. The quantitative estimate of drug-likeness (QED) is 0.891. The molecule has 0 saturated carbocycles. The first-order valence-electron chi connectivity index (χ1n) is 7.14. The lowest BCUT2D eigenvalue weighted by Gasteiger charge is -2.23. The van der Waals surface area contributed by atoms with Crippen LogP contribution in [0.3, 0.4) is 0 Å². The summed E-state index contributed by atoms with van der Waals surface area (Å²) < 4.78 is 37.5. The fourth-order valence-electron chi connectivity index (χ4n) is 2.32. The Morgan fingerprint density at radius 2 is 2.09 bits per heavy atom. The van der Waals surface area contributed by atoms with E-state index in [4.69, 9.17) is 0 Å². The van der Waals surface area contributed by atoms with Gasteiger partial charge in [-0.25, -0.2) is 0 Å². The van der Waals surface area contributed by atoms with E-state index in [1.54, 1.807) is 6.92 Å². The van der Waals surface area contributed by atoms with E-state index in [-0.39, 0.29) is 18.0 Å². The SMILES string of the molecule is CC(NC(=O)CC1CSCCN1)c1ccc(C(F)(F)F)cc1. The van der Waals surface area contributed by atoms with Crippen molar-refractivity contribution < 1.29 is 18.0 Å². The Hall–Kier alpha value is -1.21. The molecule has 1 aromatic carbocycles. The number of hydrogen-bond acceptors (Lipinski definition) is 3. The number of nitrogens with one attached hydrogen (secondary N) is 2. The van der Waals surface area contributed by atoms with Crippen molar-refractivity contribution >= 4 is 17.7 Å². The predicted octanol–water partition coefficient (Wildman–Crippen LogP) is 2.98. The average Bonchev–Trinajstić information content (AvgIpc) is 2.47. The van der Waals surface area contributed by atoms with Crippen LogP contribution in [0.4, 0.5) is 13.2 Å². The molecule has 1 saturated heterocycles. The predicted molar refractivity (Wildman–Crippen MR) is 81.7 cm³/mol. The zero-order chi connectivity index (χ0) is 16.2. The van der Waals surface area contributed by atoms with Crippen molar-refractivity contribution in [3.63, 3.8) is 0 Å². The first-order chi connectivity index (χ1) is 10.4. The van der Waals surface area contributed by atoms with Gasteiger partial charge in [-0.05, 0) is 24.6 Å². The van der Waals surface area contributed by atoms with Crippen molar-refractivity contribution in [1.82, 2.24) is 10.6 Å². The molecule has 2 rings (SSSR count). The second-order valence-electron chi connectivity index (χ2n) is 5.34. The van der Waals surface area contributed by atoms with Gasteiger partial charge in [0.05, 0.1) is 11.6 Å². The molecule has 1 aliphatic heterocycles. The number of halogens is 3.